The molecular formula is C32H38N2. The van der Waals surface area contributed by atoms with Crippen molar-refractivity contribution in [1.29, 1.82) is 0 Å². The van der Waals surface area contributed by atoms with E-state index >= 15 is 0 Å². The number of nitrogens with one attached hydrogen (secondary N) is 2. The quantitative estimate of drug-likeness (QED) is 0.168. The number of allylic oxidation sites excluding steroid dienone is 2. The van der Waals surface area contributed by atoms with Gasteiger partial charge in [-0.3, -0.25) is 0 Å². The monoisotopic (exact) mass is 450 g/mol. The van der Waals surface area contributed by atoms with Gasteiger partial charge in [0.1, 0.15) is 0 Å². The molecule has 176 valence electrons. The molecule has 0 bridgehead atoms. The fourth-order valence-corrected chi connectivity index (χ4v) is 4.79. The fraction of sp³-hybridized carbons (Fsp3) is 0.312. The van der Waals surface area contributed by atoms with Crippen molar-refractivity contribution in [3.05, 3.63) is 108 Å². The summed E-state index contributed by atoms with van der Waals surface area (Å²) in [5, 5.41) is 12.7. The summed E-state index contributed by atoms with van der Waals surface area (Å²) in [5.41, 5.74) is 2.78. The lowest BCUT2D eigenvalue weighted by Gasteiger charge is -2.16. The summed E-state index contributed by atoms with van der Waals surface area (Å²) >= 11 is 0. The van der Waals surface area contributed by atoms with Crippen molar-refractivity contribution in [2.75, 3.05) is 13.1 Å². The first-order valence-electron chi connectivity index (χ1n) is 12.8. The fourth-order valence-electron chi connectivity index (χ4n) is 4.79. The van der Waals surface area contributed by atoms with E-state index in [2.05, 4.69) is 122 Å². The van der Waals surface area contributed by atoms with Crippen LogP contribution in [0, 0.1) is 0 Å². The molecule has 0 unspecified atom stereocenters. The lowest BCUT2D eigenvalue weighted by atomic mass is 9.99. The summed E-state index contributed by atoms with van der Waals surface area (Å²) in [6.45, 7) is 6.62. The Morgan fingerprint density at radius 3 is 1.44 bits per heavy atom. The second-order valence-electron chi connectivity index (χ2n) is 9.24. The van der Waals surface area contributed by atoms with Crippen LogP contribution in [0.3, 0.4) is 0 Å². The molecule has 0 aliphatic heterocycles. The molecule has 0 spiro atoms. The molecule has 4 aromatic carbocycles. The third kappa shape index (κ3) is 6.34. The maximum atomic E-state index is 3.70. The van der Waals surface area contributed by atoms with Crippen LogP contribution in [0.1, 0.15) is 62.7 Å². The Balaban J connectivity index is 1.11. The molecular weight excluding hydrogens is 412 g/mol. The van der Waals surface area contributed by atoms with Gasteiger partial charge in [-0.15, -0.1) is 0 Å². The van der Waals surface area contributed by atoms with Gasteiger partial charge in [0, 0.05) is 12.1 Å². The van der Waals surface area contributed by atoms with E-state index in [-0.39, 0.29) is 0 Å². The Kier molecular flexibility index (Phi) is 8.90. The van der Waals surface area contributed by atoms with E-state index < -0.39 is 0 Å². The minimum Gasteiger partial charge on any atom is -0.310 e. The zero-order valence-electron chi connectivity index (χ0n) is 20.6. The maximum absolute atomic E-state index is 3.70. The molecule has 0 heterocycles. The van der Waals surface area contributed by atoms with Gasteiger partial charge in [0.15, 0.2) is 0 Å². The molecule has 0 radical (unpaired) electrons. The second-order valence-corrected chi connectivity index (χ2v) is 9.24. The van der Waals surface area contributed by atoms with Crippen LogP contribution >= 0.6 is 0 Å². The van der Waals surface area contributed by atoms with E-state index in [1.54, 1.807) is 0 Å². The van der Waals surface area contributed by atoms with Crippen LogP contribution in [0.4, 0.5) is 0 Å². The van der Waals surface area contributed by atoms with Crippen LogP contribution in [0.5, 0.6) is 0 Å². The Hall–Kier alpha value is -2.94. The van der Waals surface area contributed by atoms with Gasteiger partial charge in [0.25, 0.3) is 0 Å². The Morgan fingerprint density at radius 2 is 0.971 bits per heavy atom. The third-order valence-electron chi connectivity index (χ3n) is 6.74. The highest BCUT2D eigenvalue weighted by Crippen LogP contribution is 2.25. The predicted molar refractivity (Wildman–Crippen MR) is 148 cm³/mol. The number of rotatable bonds is 12. The van der Waals surface area contributed by atoms with E-state index in [0.29, 0.717) is 12.1 Å². The molecule has 0 aliphatic rings. The molecule has 0 saturated heterocycles. The normalized spacial score (nSPS) is 13.6. The van der Waals surface area contributed by atoms with E-state index in [4.69, 9.17) is 0 Å². The molecule has 0 aromatic heterocycles. The van der Waals surface area contributed by atoms with Gasteiger partial charge in [-0.25, -0.2) is 0 Å². The molecule has 0 aliphatic carbocycles. The second kappa shape index (κ2) is 12.5. The highest BCUT2D eigenvalue weighted by molar-refractivity contribution is 5.86. The molecule has 0 amide bonds. The zero-order valence-corrected chi connectivity index (χ0v) is 20.6. The molecule has 0 fully saturated rings. The van der Waals surface area contributed by atoms with Crippen LogP contribution in [0.2, 0.25) is 0 Å². The summed E-state index contributed by atoms with van der Waals surface area (Å²) in [6.07, 6.45) is 9.30. The van der Waals surface area contributed by atoms with Crippen molar-refractivity contribution < 1.29 is 0 Å². The van der Waals surface area contributed by atoms with Crippen LogP contribution < -0.4 is 10.6 Å². The summed E-state index contributed by atoms with van der Waals surface area (Å²) in [7, 11) is 0. The first kappa shape index (κ1) is 24.2. The first-order valence-corrected chi connectivity index (χ1v) is 12.8. The van der Waals surface area contributed by atoms with E-state index in [9.17, 15) is 0 Å². The summed E-state index contributed by atoms with van der Waals surface area (Å²) < 4.78 is 0. The Labute approximate surface area is 205 Å². The van der Waals surface area contributed by atoms with Gasteiger partial charge in [-0.2, -0.15) is 0 Å². The Morgan fingerprint density at radius 1 is 0.559 bits per heavy atom. The van der Waals surface area contributed by atoms with E-state index in [0.717, 1.165) is 25.9 Å². The van der Waals surface area contributed by atoms with Crippen LogP contribution in [-0.2, 0) is 0 Å². The molecule has 4 aromatic rings. The molecule has 34 heavy (non-hydrogen) atoms. The molecule has 2 atom stereocenters. The first-order chi connectivity index (χ1) is 16.7. The van der Waals surface area contributed by atoms with Gasteiger partial charge in [-0.05, 0) is 85.3 Å². The molecule has 2 N–H and O–H groups in total. The highest BCUT2D eigenvalue weighted by atomic mass is 14.9. The van der Waals surface area contributed by atoms with Crippen molar-refractivity contribution in [1.82, 2.24) is 10.6 Å². The maximum Gasteiger partial charge on any atom is 0.0297 e. The van der Waals surface area contributed by atoms with Gasteiger partial charge in [0.2, 0.25) is 0 Å². The molecule has 2 heteroatoms. The standard InChI is InChI=1S/C32H38N2/c1-25(29-21-13-17-27-15-7-9-19-31(27)29)33-23-11-5-3-4-6-12-24-34-26(2)30-22-14-18-28-16-8-10-20-32(28)30/h3-4,7-10,13-22,25-26,33-34H,5-6,11-12,23-24H2,1-2H3/b4-3-/t25-,26-/m1/s1. The van der Waals surface area contributed by atoms with Crippen molar-refractivity contribution in [2.45, 2.75) is 51.6 Å². The molecule has 0 saturated carbocycles. The van der Waals surface area contributed by atoms with Gasteiger partial charge in [-0.1, -0.05) is 97.1 Å². The van der Waals surface area contributed by atoms with Crippen molar-refractivity contribution in [3.8, 4) is 0 Å². The lowest BCUT2D eigenvalue weighted by Crippen LogP contribution is -2.20. The highest BCUT2D eigenvalue weighted by Gasteiger charge is 2.09. The summed E-state index contributed by atoms with van der Waals surface area (Å²) in [6, 6.07) is 31.2. The number of hydrogen-bond donors (Lipinski definition) is 2. The smallest absolute Gasteiger partial charge is 0.0297 e. The van der Waals surface area contributed by atoms with Crippen molar-refractivity contribution >= 4 is 21.5 Å². The van der Waals surface area contributed by atoms with Crippen LogP contribution in [-0.4, -0.2) is 13.1 Å². The SMILES string of the molecule is C[C@@H](NCCC/C=C\CCCN[C@H](C)c1cccc2ccccc12)c1cccc2ccccc12. The average Bonchev–Trinajstić information content (AvgIpc) is 2.88. The van der Waals surface area contributed by atoms with E-state index in [1.807, 2.05) is 0 Å². The summed E-state index contributed by atoms with van der Waals surface area (Å²) in [5.74, 6) is 0. The summed E-state index contributed by atoms with van der Waals surface area (Å²) in [4.78, 5) is 0. The number of benzene rings is 4. The largest absolute Gasteiger partial charge is 0.310 e. The predicted octanol–water partition coefficient (Wildman–Crippen LogP) is 8.11. The number of unbranched alkanes of at least 4 members (excludes halogenated alkanes) is 2. The lowest BCUT2D eigenvalue weighted by molar-refractivity contribution is 0.560. The minimum atomic E-state index is 0.366. The Bertz CT molecular complexity index is 1100. The van der Waals surface area contributed by atoms with Crippen LogP contribution in [0.15, 0.2) is 97.1 Å². The van der Waals surface area contributed by atoms with Gasteiger partial charge >= 0.3 is 0 Å². The van der Waals surface area contributed by atoms with Crippen molar-refractivity contribution in [3.63, 3.8) is 0 Å². The third-order valence-corrected chi connectivity index (χ3v) is 6.74. The zero-order chi connectivity index (χ0) is 23.6. The van der Waals surface area contributed by atoms with E-state index in [1.165, 1.54) is 45.5 Å². The minimum absolute atomic E-state index is 0.366. The number of hydrogen-bond acceptors (Lipinski definition) is 2. The van der Waals surface area contributed by atoms with Crippen molar-refractivity contribution in [2.24, 2.45) is 0 Å². The van der Waals surface area contributed by atoms with Gasteiger partial charge in [0.05, 0.1) is 0 Å². The molecule has 4 rings (SSSR count). The average molecular weight is 451 g/mol. The van der Waals surface area contributed by atoms with Crippen LogP contribution in [0.25, 0.3) is 21.5 Å². The molecule has 2 nitrogen and oxygen atoms in total. The number of fused-ring (bicyclic) bond motifs is 2. The van der Waals surface area contributed by atoms with Gasteiger partial charge < -0.3 is 10.6 Å². The topological polar surface area (TPSA) is 24.1 Å².